The second-order valence-corrected chi connectivity index (χ2v) is 6.55. The van der Waals surface area contributed by atoms with Crippen LogP contribution in [0.5, 0.6) is 0 Å². The lowest BCUT2D eigenvalue weighted by atomic mass is 10.0. The molecule has 2 rings (SSSR count). The minimum atomic E-state index is -0.246. The molecule has 1 aromatic heterocycles. The van der Waals surface area contributed by atoms with Gasteiger partial charge in [-0.25, -0.2) is 9.37 Å². The molecule has 2 heterocycles. The summed E-state index contributed by atoms with van der Waals surface area (Å²) in [6.45, 7) is 10.3. The van der Waals surface area contributed by atoms with Crippen LogP contribution >= 0.6 is 0 Å². The minimum Gasteiger partial charge on any atom is -0.356 e. The molecule has 1 aliphatic heterocycles. The molecule has 0 bridgehead atoms. The van der Waals surface area contributed by atoms with Gasteiger partial charge in [0.25, 0.3) is 0 Å². The maximum atomic E-state index is 13.5. The van der Waals surface area contributed by atoms with Gasteiger partial charge in [-0.1, -0.05) is 27.2 Å². The van der Waals surface area contributed by atoms with E-state index in [0.29, 0.717) is 12.5 Å². The molecule has 1 atom stereocenters. The van der Waals surface area contributed by atoms with Gasteiger partial charge in [-0.15, -0.1) is 0 Å². The minimum absolute atomic E-state index is 0.246. The van der Waals surface area contributed by atoms with Gasteiger partial charge < -0.3 is 10.2 Å². The van der Waals surface area contributed by atoms with E-state index >= 15 is 0 Å². The zero-order valence-corrected chi connectivity index (χ0v) is 13.5. The van der Waals surface area contributed by atoms with Crippen molar-refractivity contribution in [3.05, 3.63) is 23.6 Å². The summed E-state index contributed by atoms with van der Waals surface area (Å²) >= 11 is 0. The molecule has 1 aliphatic rings. The van der Waals surface area contributed by atoms with Gasteiger partial charge in [0, 0.05) is 25.2 Å². The average molecular weight is 293 g/mol. The average Bonchev–Trinajstić information content (AvgIpc) is 2.87. The third kappa shape index (κ3) is 4.67. The standard InChI is InChI=1S/C17H28FN3/c1-4-5-14-6-7-21(12-14)17-15(8-16(18)11-20-17)10-19-9-13(2)3/h8,11,13-14,19H,4-7,9-10,12H2,1-3H3. The van der Waals surface area contributed by atoms with Crippen molar-refractivity contribution in [2.75, 3.05) is 24.5 Å². The van der Waals surface area contributed by atoms with E-state index < -0.39 is 0 Å². The summed E-state index contributed by atoms with van der Waals surface area (Å²) in [5.41, 5.74) is 0.979. The Morgan fingerprint density at radius 2 is 2.29 bits per heavy atom. The Kier molecular flexibility index (Phi) is 5.97. The summed E-state index contributed by atoms with van der Waals surface area (Å²) in [5, 5.41) is 3.40. The van der Waals surface area contributed by atoms with Gasteiger partial charge in [0.05, 0.1) is 6.20 Å². The van der Waals surface area contributed by atoms with Crippen molar-refractivity contribution in [3.63, 3.8) is 0 Å². The summed E-state index contributed by atoms with van der Waals surface area (Å²) in [6, 6.07) is 1.63. The predicted molar refractivity (Wildman–Crippen MR) is 86.0 cm³/mol. The highest BCUT2D eigenvalue weighted by Gasteiger charge is 2.24. The van der Waals surface area contributed by atoms with E-state index in [9.17, 15) is 4.39 Å². The van der Waals surface area contributed by atoms with E-state index in [-0.39, 0.29) is 5.82 Å². The summed E-state index contributed by atoms with van der Waals surface area (Å²) in [7, 11) is 0. The van der Waals surface area contributed by atoms with E-state index in [4.69, 9.17) is 0 Å². The lowest BCUT2D eigenvalue weighted by Gasteiger charge is -2.21. The molecule has 0 radical (unpaired) electrons. The fourth-order valence-corrected chi connectivity index (χ4v) is 3.05. The highest BCUT2D eigenvalue weighted by atomic mass is 19.1. The number of hydrogen-bond acceptors (Lipinski definition) is 3. The summed E-state index contributed by atoms with van der Waals surface area (Å²) in [4.78, 5) is 6.69. The molecule has 3 nitrogen and oxygen atoms in total. The van der Waals surface area contributed by atoms with Gasteiger partial charge in [0.15, 0.2) is 0 Å². The van der Waals surface area contributed by atoms with Gasteiger partial charge in [-0.3, -0.25) is 0 Å². The molecule has 1 aromatic rings. The summed E-state index contributed by atoms with van der Waals surface area (Å²) < 4.78 is 13.5. The van der Waals surface area contributed by atoms with Crippen LogP contribution in [0.1, 0.15) is 45.6 Å². The SMILES string of the molecule is CCCC1CCN(c2ncc(F)cc2CNCC(C)C)C1. The monoisotopic (exact) mass is 293 g/mol. The summed E-state index contributed by atoms with van der Waals surface area (Å²) in [5.74, 6) is 2.07. The molecule has 4 heteroatoms. The van der Waals surface area contributed by atoms with Crippen molar-refractivity contribution in [1.82, 2.24) is 10.3 Å². The van der Waals surface area contributed by atoms with E-state index in [1.807, 2.05) is 0 Å². The zero-order chi connectivity index (χ0) is 15.2. The lowest BCUT2D eigenvalue weighted by molar-refractivity contribution is 0.528. The largest absolute Gasteiger partial charge is 0.356 e. The molecule has 0 amide bonds. The van der Waals surface area contributed by atoms with E-state index in [1.54, 1.807) is 6.07 Å². The van der Waals surface area contributed by atoms with Crippen LogP contribution in [0.15, 0.2) is 12.3 Å². The Morgan fingerprint density at radius 1 is 1.48 bits per heavy atom. The van der Waals surface area contributed by atoms with Crippen molar-refractivity contribution >= 4 is 5.82 Å². The number of rotatable bonds is 7. The Labute approximate surface area is 127 Å². The Hall–Kier alpha value is -1.16. The smallest absolute Gasteiger partial charge is 0.141 e. The normalized spacial score (nSPS) is 18.7. The van der Waals surface area contributed by atoms with Crippen LogP contribution in [0.2, 0.25) is 0 Å². The molecule has 0 aliphatic carbocycles. The molecule has 1 fully saturated rings. The number of anilines is 1. The fraction of sp³-hybridized carbons (Fsp3) is 0.706. The Bertz CT molecular complexity index is 448. The molecule has 118 valence electrons. The molecular formula is C17H28FN3. The second kappa shape index (κ2) is 7.74. The number of nitrogens with one attached hydrogen (secondary N) is 1. The number of halogens is 1. The Balaban J connectivity index is 2.04. The van der Waals surface area contributed by atoms with E-state index in [2.05, 4.69) is 36.0 Å². The van der Waals surface area contributed by atoms with Crippen molar-refractivity contribution in [2.45, 2.75) is 46.6 Å². The van der Waals surface area contributed by atoms with Crippen LogP contribution in [0, 0.1) is 17.7 Å². The van der Waals surface area contributed by atoms with E-state index in [1.165, 1.54) is 25.5 Å². The maximum absolute atomic E-state index is 13.5. The van der Waals surface area contributed by atoms with Crippen LogP contribution in [-0.4, -0.2) is 24.6 Å². The second-order valence-electron chi connectivity index (χ2n) is 6.55. The van der Waals surface area contributed by atoms with Crippen LogP contribution in [0.25, 0.3) is 0 Å². The molecule has 0 spiro atoms. The van der Waals surface area contributed by atoms with Crippen LogP contribution in [0.4, 0.5) is 10.2 Å². The molecular weight excluding hydrogens is 265 g/mol. The lowest BCUT2D eigenvalue weighted by Crippen LogP contribution is -2.25. The quantitative estimate of drug-likeness (QED) is 0.832. The van der Waals surface area contributed by atoms with Gasteiger partial charge in [-0.2, -0.15) is 0 Å². The predicted octanol–water partition coefficient (Wildman–Crippen LogP) is 3.59. The first-order valence-corrected chi connectivity index (χ1v) is 8.20. The zero-order valence-electron chi connectivity index (χ0n) is 13.5. The molecule has 0 aromatic carbocycles. The topological polar surface area (TPSA) is 28.2 Å². The van der Waals surface area contributed by atoms with Crippen molar-refractivity contribution in [2.24, 2.45) is 11.8 Å². The highest BCUT2D eigenvalue weighted by molar-refractivity contribution is 5.47. The molecule has 1 saturated heterocycles. The number of pyridine rings is 1. The van der Waals surface area contributed by atoms with Crippen LogP contribution < -0.4 is 10.2 Å². The number of aromatic nitrogens is 1. The maximum Gasteiger partial charge on any atom is 0.141 e. The van der Waals surface area contributed by atoms with Crippen LogP contribution in [0.3, 0.4) is 0 Å². The summed E-state index contributed by atoms with van der Waals surface area (Å²) in [6.07, 6.45) is 5.08. The van der Waals surface area contributed by atoms with E-state index in [0.717, 1.165) is 36.9 Å². The van der Waals surface area contributed by atoms with Crippen molar-refractivity contribution < 1.29 is 4.39 Å². The Morgan fingerprint density at radius 3 is 3.00 bits per heavy atom. The molecule has 21 heavy (non-hydrogen) atoms. The highest BCUT2D eigenvalue weighted by Crippen LogP contribution is 2.27. The first-order valence-electron chi connectivity index (χ1n) is 8.20. The molecule has 1 N–H and O–H groups in total. The number of hydrogen-bond donors (Lipinski definition) is 1. The van der Waals surface area contributed by atoms with Gasteiger partial charge in [0.2, 0.25) is 0 Å². The number of nitrogens with zero attached hydrogens (tertiary/aromatic N) is 2. The van der Waals surface area contributed by atoms with Crippen molar-refractivity contribution in [1.29, 1.82) is 0 Å². The van der Waals surface area contributed by atoms with Crippen LogP contribution in [-0.2, 0) is 6.54 Å². The van der Waals surface area contributed by atoms with Crippen molar-refractivity contribution in [3.8, 4) is 0 Å². The third-order valence-electron chi connectivity index (χ3n) is 4.06. The van der Waals surface area contributed by atoms with Gasteiger partial charge in [-0.05, 0) is 37.3 Å². The third-order valence-corrected chi connectivity index (χ3v) is 4.06. The first-order chi connectivity index (χ1) is 10.1. The molecule has 0 saturated carbocycles. The van der Waals surface area contributed by atoms with Gasteiger partial charge >= 0.3 is 0 Å². The fourth-order valence-electron chi connectivity index (χ4n) is 3.05. The molecule has 1 unspecified atom stereocenters. The first kappa shape index (κ1) is 16.2. The van der Waals surface area contributed by atoms with Gasteiger partial charge in [0.1, 0.15) is 11.6 Å².